The molecule has 0 saturated heterocycles. The smallest absolute Gasteiger partial charge is 0.162 e. The van der Waals surface area contributed by atoms with Gasteiger partial charge in [0.05, 0.1) is 6.61 Å². The lowest BCUT2D eigenvalue weighted by atomic mass is 9.89. The first kappa shape index (κ1) is 18.6. The zero-order valence-electron chi connectivity index (χ0n) is 14.3. The van der Waals surface area contributed by atoms with E-state index >= 15 is 0 Å². The lowest BCUT2D eigenvalue weighted by Gasteiger charge is -2.37. The molecule has 2 aromatic carbocycles. The Morgan fingerprint density at radius 3 is 2.25 bits per heavy atom. The second-order valence-electron chi connectivity index (χ2n) is 5.56. The number of hydrogen-bond donors (Lipinski definition) is 1. The van der Waals surface area contributed by atoms with Crippen LogP contribution in [0.1, 0.15) is 19.4 Å². The number of nitrogens with two attached hydrogens (primary N) is 1. The molecule has 4 nitrogen and oxygen atoms in total. The minimum absolute atomic E-state index is 0.312. The van der Waals surface area contributed by atoms with Crippen LogP contribution < -0.4 is 15.2 Å². The Bertz CT molecular complexity index is 643. The van der Waals surface area contributed by atoms with Gasteiger partial charge in [0.15, 0.2) is 17.1 Å². The van der Waals surface area contributed by atoms with E-state index in [4.69, 9.17) is 31.5 Å². The summed E-state index contributed by atoms with van der Waals surface area (Å²) in [6, 6.07) is 15.1. The molecule has 2 atom stereocenters. The van der Waals surface area contributed by atoms with E-state index in [1.165, 1.54) is 0 Å². The third-order valence-corrected chi connectivity index (χ3v) is 4.25. The molecule has 2 unspecified atom stereocenters. The Morgan fingerprint density at radius 1 is 1.08 bits per heavy atom. The molecule has 0 heterocycles. The maximum Gasteiger partial charge on any atom is 0.162 e. The van der Waals surface area contributed by atoms with Crippen LogP contribution in [0.2, 0.25) is 5.02 Å². The average Bonchev–Trinajstić information content (AvgIpc) is 2.58. The summed E-state index contributed by atoms with van der Waals surface area (Å²) in [5, 5.41) is 0.664. The Hall–Kier alpha value is -1.75. The standard InChI is InChI=1S/C19H24ClNO3/c1-4-23-16-7-5-6-8-17(16)24-19(2,18(13-21)22-3)14-9-11-15(20)12-10-14/h5-12,18H,4,13,21H2,1-3H3. The molecule has 24 heavy (non-hydrogen) atoms. The molecule has 0 amide bonds. The highest BCUT2D eigenvalue weighted by molar-refractivity contribution is 6.30. The highest BCUT2D eigenvalue weighted by Crippen LogP contribution is 2.37. The first-order valence-corrected chi connectivity index (χ1v) is 8.32. The SMILES string of the molecule is CCOc1ccccc1OC(C)(c1ccc(Cl)cc1)C(CN)OC. The molecule has 5 heteroatoms. The Morgan fingerprint density at radius 2 is 1.71 bits per heavy atom. The van der Waals surface area contributed by atoms with E-state index in [1.807, 2.05) is 62.4 Å². The second kappa shape index (κ2) is 8.38. The lowest BCUT2D eigenvalue weighted by Crippen LogP contribution is -2.47. The quantitative estimate of drug-likeness (QED) is 0.782. The van der Waals surface area contributed by atoms with E-state index in [-0.39, 0.29) is 6.10 Å². The highest BCUT2D eigenvalue weighted by atomic mass is 35.5. The van der Waals surface area contributed by atoms with Crippen molar-refractivity contribution in [2.24, 2.45) is 5.73 Å². The van der Waals surface area contributed by atoms with Crippen molar-refractivity contribution >= 4 is 11.6 Å². The van der Waals surface area contributed by atoms with Crippen LogP contribution in [0.5, 0.6) is 11.5 Å². The zero-order valence-corrected chi connectivity index (χ0v) is 15.0. The maximum atomic E-state index is 6.38. The van der Waals surface area contributed by atoms with Crippen molar-refractivity contribution in [3.63, 3.8) is 0 Å². The van der Waals surface area contributed by atoms with Crippen LogP contribution in [0.15, 0.2) is 48.5 Å². The Balaban J connectivity index is 2.45. The summed E-state index contributed by atoms with van der Waals surface area (Å²) in [5.41, 5.74) is 6.06. The fourth-order valence-electron chi connectivity index (χ4n) is 2.68. The van der Waals surface area contributed by atoms with Gasteiger partial charge in [0.25, 0.3) is 0 Å². The van der Waals surface area contributed by atoms with E-state index in [0.29, 0.717) is 29.7 Å². The molecule has 0 aromatic heterocycles. The summed E-state index contributed by atoms with van der Waals surface area (Å²) in [5.74, 6) is 1.33. The molecular weight excluding hydrogens is 326 g/mol. The maximum absolute atomic E-state index is 6.38. The van der Waals surface area contributed by atoms with Crippen molar-refractivity contribution in [2.45, 2.75) is 25.6 Å². The van der Waals surface area contributed by atoms with E-state index in [9.17, 15) is 0 Å². The Kier molecular flexibility index (Phi) is 6.49. The third kappa shape index (κ3) is 4.01. The first-order chi connectivity index (χ1) is 11.5. The summed E-state index contributed by atoms with van der Waals surface area (Å²) >= 11 is 6.02. The summed E-state index contributed by atoms with van der Waals surface area (Å²) in [6.45, 7) is 4.77. The van der Waals surface area contributed by atoms with Crippen molar-refractivity contribution in [1.29, 1.82) is 0 Å². The van der Waals surface area contributed by atoms with Crippen LogP contribution in [0.3, 0.4) is 0 Å². The normalized spacial score (nSPS) is 14.7. The molecule has 0 spiro atoms. The summed E-state index contributed by atoms with van der Waals surface area (Å²) in [6.07, 6.45) is -0.339. The van der Waals surface area contributed by atoms with Gasteiger partial charge >= 0.3 is 0 Å². The second-order valence-corrected chi connectivity index (χ2v) is 5.99. The highest BCUT2D eigenvalue weighted by Gasteiger charge is 2.38. The molecule has 0 aliphatic heterocycles. The summed E-state index contributed by atoms with van der Waals surface area (Å²) < 4.78 is 17.6. The van der Waals surface area contributed by atoms with Crippen molar-refractivity contribution in [3.05, 3.63) is 59.1 Å². The number of ether oxygens (including phenoxy) is 3. The molecule has 2 N–H and O–H groups in total. The van der Waals surface area contributed by atoms with E-state index in [1.54, 1.807) is 7.11 Å². The largest absolute Gasteiger partial charge is 0.490 e. The summed E-state index contributed by atoms with van der Waals surface area (Å²) in [7, 11) is 1.63. The molecule has 0 saturated carbocycles. The predicted octanol–water partition coefficient (Wildman–Crippen LogP) is 4.01. The number of rotatable bonds is 8. The van der Waals surface area contributed by atoms with Crippen molar-refractivity contribution in [3.8, 4) is 11.5 Å². The molecule has 0 fully saturated rings. The van der Waals surface area contributed by atoms with Gasteiger partial charge in [-0.25, -0.2) is 0 Å². The minimum Gasteiger partial charge on any atom is -0.490 e. The zero-order chi connectivity index (χ0) is 17.6. The molecule has 2 rings (SSSR count). The van der Waals surface area contributed by atoms with Crippen LogP contribution in [0.4, 0.5) is 0 Å². The number of hydrogen-bond acceptors (Lipinski definition) is 4. The van der Waals surface area contributed by atoms with Gasteiger partial charge in [-0.2, -0.15) is 0 Å². The van der Waals surface area contributed by atoms with Crippen LogP contribution in [0.25, 0.3) is 0 Å². The van der Waals surface area contributed by atoms with Crippen molar-refractivity contribution in [2.75, 3.05) is 20.3 Å². The molecule has 2 aromatic rings. The van der Waals surface area contributed by atoms with Gasteiger partial charge in [-0.3, -0.25) is 0 Å². The van der Waals surface area contributed by atoms with Crippen LogP contribution >= 0.6 is 11.6 Å². The van der Waals surface area contributed by atoms with Gasteiger partial charge in [0.2, 0.25) is 0 Å². The van der Waals surface area contributed by atoms with Crippen LogP contribution in [0, 0.1) is 0 Å². The monoisotopic (exact) mass is 349 g/mol. The number of para-hydroxylation sites is 2. The van der Waals surface area contributed by atoms with Crippen molar-refractivity contribution in [1.82, 2.24) is 0 Å². The first-order valence-electron chi connectivity index (χ1n) is 7.94. The Labute approximate surface area is 148 Å². The van der Waals surface area contributed by atoms with Gasteiger partial charge in [0.1, 0.15) is 6.10 Å². The molecule has 0 radical (unpaired) electrons. The molecule has 130 valence electrons. The molecule has 0 bridgehead atoms. The number of benzene rings is 2. The van der Waals surface area contributed by atoms with Crippen LogP contribution in [-0.4, -0.2) is 26.4 Å². The van der Waals surface area contributed by atoms with Gasteiger partial charge in [-0.15, -0.1) is 0 Å². The summed E-state index contributed by atoms with van der Waals surface area (Å²) in [4.78, 5) is 0. The topological polar surface area (TPSA) is 53.7 Å². The molecule has 0 aliphatic carbocycles. The third-order valence-electron chi connectivity index (χ3n) is 4.00. The fourth-order valence-corrected chi connectivity index (χ4v) is 2.80. The van der Waals surface area contributed by atoms with Gasteiger partial charge < -0.3 is 19.9 Å². The molecular formula is C19H24ClNO3. The van der Waals surface area contributed by atoms with Gasteiger partial charge in [-0.1, -0.05) is 35.9 Å². The van der Waals surface area contributed by atoms with Crippen molar-refractivity contribution < 1.29 is 14.2 Å². The number of methoxy groups -OCH3 is 1. The van der Waals surface area contributed by atoms with E-state index in [2.05, 4.69) is 0 Å². The average molecular weight is 350 g/mol. The lowest BCUT2D eigenvalue weighted by molar-refractivity contribution is -0.0647. The van der Waals surface area contributed by atoms with E-state index < -0.39 is 5.60 Å². The van der Waals surface area contributed by atoms with Crippen LogP contribution in [-0.2, 0) is 10.3 Å². The minimum atomic E-state index is -0.790. The van der Waals surface area contributed by atoms with E-state index in [0.717, 1.165) is 5.56 Å². The predicted molar refractivity (Wildman–Crippen MR) is 96.9 cm³/mol. The number of halogens is 1. The van der Waals surface area contributed by atoms with Gasteiger partial charge in [0, 0.05) is 18.7 Å². The van der Waals surface area contributed by atoms with Gasteiger partial charge in [-0.05, 0) is 43.7 Å². The molecule has 0 aliphatic rings. The fraction of sp³-hybridized carbons (Fsp3) is 0.368.